The fourth-order valence-corrected chi connectivity index (χ4v) is 3.77. The van der Waals surface area contributed by atoms with E-state index in [2.05, 4.69) is 4.98 Å². The smallest absolute Gasteiger partial charge is 0.261 e. The minimum Gasteiger partial charge on any atom is -0.270 e. The molecule has 3 aromatic rings. The lowest BCUT2D eigenvalue weighted by molar-refractivity contribution is 0.0642. The third-order valence-corrected chi connectivity index (χ3v) is 5.30. The van der Waals surface area contributed by atoms with Crippen LogP contribution in [0.3, 0.4) is 0 Å². The Hall–Kier alpha value is -2.63. The van der Waals surface area contributed by atoms with Crippen LogP contribution >= 0.6 is 23.4 Å². The minimum absolute atomic E-state index is 0.222. The van der Waals surface area contributed by atoms with Crippen LogP contribution < -0.4 is 0 Å². The van der Waals surface area contributed by atoms with E-state index in [0.29, 0.717) is 16.1 Å². The van der Waals surface area contributed by atoms with Gasteiger partial charge in [0.25, 0.3) is 11.8 Å². The molecular weight excluding hydrogens is 368 g/mol. The number of imide groups is 1. The van der Waals surface area contributed by atoms with Crippen LogP contribution in [0, 0.1) is 0 Å². The van der Waals surface area contributed by atoms with E-state index in [1.165, 1.54) is 16.7 Å². The zero-order valence-electron chi connectivity index (χ0n) is 13.6. The highest BCUT2D eigenvalue weighted by atomic mass is 35.5. The second-order valence-corrected chi connectivity index (χ2v) is 7.40. The second kappa shape index (κ2) is 6.94. The monoisotopic (exact) mass is 380 g/mol. The number of fused-ring (bicyclic) bond motifs is 1. The van der Waals surface area contributed by atoms with Crippen LogP contribution in [0.25, 0.3) is 0 Å². The van der Waals surface area contributed by atoms with Crippen LogP contribution in [0.4, 0.5) is 0 Å². The molecule has 2 aromatic carbocycles. The molecule has 4 rings (SSSR count). The maximum atomic E-state index is 12.7. The Kier molecular flexibility index (Phi) is 4.49. The molecule has 0 N–H and O–H groups in total. The molecule has 0 saturated heterocycles. The SMILES string of the molecule is O=C1c2ccc(Sc3ccc(Cl)cc3)cc2C(=O)N1Cc1cccnc1. The van der Waals surface area contributed by atoms with Crippen molar-refractivity contribution in [2.24, 2.45) is 0 Å². The molecule has 26 heavy (non-hydrogen) atoms. The van der Waals surface area contributed by atoms with Crippen molar-refractivity contribution in [3.63, 3.8) is 0 Å². The number of nitrogens with zero attached hydrogens (tertiary/aromatic N) is 2. The van der Waals surface area contributed by atoms with E-state index in [-0.39, 0.29) is 18.4 Å². The zero-order chi connectivity index (χ0) is 18.1. The number of benzene rings is 2. The molecule has 4 nitrogen and oxygen atoms in total. The normalized spacial score (nSPS) is 13.2. The Labute approximate surface area is 159 Å². The summed E-state index contributed by atoms with van der Waals surface area (Å²) in [6.45, 7) is 0.222. The number of carbonyl (C=O) groups excluding carboxylic acids is 2. The van der Waals surface area contributed by atoms with Crippen molar-refractivity contribution in [1.82, 2.24) is 9.88 Å². The first-order valence-electron chi connectivity index (χ1n) is 7.94. The van der Waals surface area contributed by atoms with Gasteiger partial charge < -0.3 is 0 Å². The van der Waals surface area contributed by atoms with Gasteiger partial charge in [0.2, 0.25) is 0 Å². The number of hydrogen-bond acceptors (Lipinski definition) is 4. The van der Waals surface area contributed by atoms with E-state index < -0.39 is 0 Å². The summed E-state index contributed by atoms with van der Waals surface area (Å²) >= 11 is 7.43. The van der Waals surface area contributed by atoms with Gasteiger partial charge >= 0.3 is 0 Å². The van der Waals surface area contributed by atoms with E-state index >= 15 is 0 Å². The Bertz CT molecular complexity index is 990. The van der Waals surface area contributed by atoms with E-state index in [1.807, 2.05) is 36.4 Å². The van der Waals surface area contributed by atoms with E-state index in [9.17, 15) is 9.59 Å². The molecule has 1 aliphatic rings. The van der Waals surface area contributed by atoms with Crippen molar-refractivity contribution in [1.29, 1.82) is 0 Å². The molecule has 0 radical (unpaired) electrons. The highest BCUT2D eigenvalue weighted by Gasteiger charge is 2.35. The number of amides is 2. The molecule has 6 heteroatoms. The second-order valence-electron chi connectivity index (χ2n) is 5.82. The first-order valence-corrected chi connectivity index (χ1v) is 9.14. The van der Waals surface area contributed by atoms with Crippen LogP contribution in [0.5, 0.6) is 0 Å². The summed E-state index contributed by atoms with van der Waals surface area (Å²) in [6, 6.07) is 16.5. The van der Waals surface area contributed by atoms with Crippen molar-refractivity contribution in [2.45, 2.75) is 16.3 Å². The summed E-state index contributed by atoms with van der Waals surface area (Å²) in [5.74, 6) is -0.538. The van der Waals surface area contributed by atoms with Gasteiger partial charge in [-0.25, -0.2) is 0 Å². The standard InChI is InChI=1S/C20H13ClN2O2S/c21-14-3-5-15(6-4-14)26-16-7-8-17-18(10-16)20(25)23(19(17)24)12-13-2-1-9-22-11-13/h1-11H,12H2. The number of hydrogen-bond donors (Lipinski definition) is 0. The third-order valence-electron chi connectivity index (χ3n) is 4.05. The van der Waals surface area contributed by atoms with Crippen molar-refractivity contribution in [2.75, 3.05) is 0 Å². The predicted molar refractivity (Wildman–Crippen MR) is 100 cm³/mol. The first-order chi connectivity index (χ1) is 12.6. The Morgan fingerprint density at radius 1 is 0.923 bits per heavy atom. The van der Waals surface area contributed by atoms with Crippen molar-refractivity contribution < 1.29 is 9.59 Å². The molecular formula is C20H13ClN2O2S. The molecule has 1 aliphatic heterocycles. The van der Waals surface area contributed by atoms with Gasteiger partial charge in [-0.05, 0) is 54.1 Å². The van der Waals surface area contributed by atoms with Gasteiger partial charge in [0.1, 0.15) is 0 Å². The van der Waals surface area contributed by atoms with Gasteiger partial charge in [0, 0.05) is 27.2 Å². The minimum atomic E-state index is -0.271. The Morgan fingerprint density at radius 2 is 1.65 bits per heavy atom. The summed E-state index contributed by atoms with van der Waals surface area (Å²) < 4.78 is 0. The lowest BCUT2D eigenvalue weighted by Crippen LogP contribution is -2.29. The topological polar surface area (TPSA) is 50.3 Å². The lowest BCUT2D eigenvalue weighted by Gasteiger charge is -2.13. The van der Waals surface area contributed by atoms with Crippen molar-refractivity contribution in [3.8, 4) is 0 Å². The number of rotatable bonds is 4. The number of pyridine rings is 1. The molecule has 0 unspecified atom stereocenters. The summed E-state index contributed by atoms with van der Waals surface area (Å²) in [7, 11) is 0. The zero-order valence-corrected chi connectivity index (χ0v) is 15.1. The van der Waals surface area contributed by atoms with Crippen LogP contribution in [0.15, 0.2) is 76.8 Å². The fraction of sp³-hybridized carbons (Fsp3) is 0.0500. The maximum absolute atomic E-state index is 12.7. The summed E-state index contributed by atoms with van der Waals surface area (Å²) in [4.78, 5) is 32.5. The van der Waals surface area contributed by atoms with Gasteiger partial charge in [-0.3, -0.25) is 19.5 Å². The van der Waals surface area contributed by atoms with E-state index in [1.54, 1.807) is 30.6 Å². The summed E-state index contributed by atoms with van der Waals surface area (Å²) in [5, 5.41) is 0.676. The fourth-order valence-electron chi connectivity index (χ4n) is 2.79. The quantitative estimate of drug-likeness (QED) is 0.616. The summed E-state index contributed by atoms with van der Waals surface area (Å²) in [6.07, 6.45) is 3.32. The largest absolute Gasteiger partial charge is 0.270 e. The first kappa shape index (κ1) is 16.8. The van der Waals surface area contributed by atoms with Crippen LogP contribution in [0.1, 0.15) is 26.3 Å². The maximum Gasteiger partial charge on any atom is 0.261 e. The van der Waals surface area contributed by atoms with Gasteiger partial charge in [0.05, 0.1) is 17.7 Å². The highest BCUT2D eigenvalue weighted by molar-refractivity contribution is 7.99. The summed E-state index contributed by atoms with van der Waals surface area (Å²) in [5.41, 5.74) is 1.70. The average molecular weight is 381 g/mol. The Balaban J connectivity index is 1.58. The Morgan fingerprint density at radius 3 is 2.38 bits per heavy atom. The van der Waals surface area contributed by atoms with E-state index in [0.717, 1.165) is 15.4 Å². The predicted octanol–water partition coefficient (Wildman–Crippen LogP) is 4.68. The van der Waals surface area contributed by atoms with Gasteiger partial charge in [-0.2, -0.15) is 0 Å². The van der Waals surface area contributed by atoms with Gasteiger partial charge in [-0.15, -0.1) is 0 Å². The molecule has 1 aromatic heterocycles. The average Bonchev–Trinajstić information content (AvgIpc) is 2.89. The molecule has 2 amide bonds. The highest BCUT2D eigenvalue weighted by Crippen LogP contribution is 2.33. The van der Waals surface area contributed by atoms with Crippen molar-refractivity contribution in [3.05, 3.63) is 88.7 Å². The molecule has 0 saturated carbocycles. The third kappa shape index (κ3) is 3.23. The number of aromatic nitrogens is 1. The van der Waals surface area contributed by atoms with Gasteiger partial charge in [0.15, 0.2) is 0 Å². The molecule has 0 atom stereocenters. The van der Waals surface area contributed by atoms with E-state index in [4.69, 9.17) is 11.6 Å². The lowest BCUT2D eigenvalue weighted by atomic mass is 10.1. The number of halogens is 1. The molecule has 2 heterocycles. The van der Waals surface area contributed by atoms with Gasteiger partial charge in [-0.1, -0.05) is 29.4 Å². The van der Waals surface area contributed by atoms with Crippen LogP contribution in [-0.4, -0.2) is 21.7 Å². The molecule has 0 bridgehead atoms. The van der Waals surface area contributed by atoms with Crippen molar-refractivity contribution >= 4 is 35.2 Å². The number of carbonyl (C=O) groups is 2. The molecule has 0 aliphatic carbocycles. The van der Waals surface area contributed by atoms with Crippen LogP contribution in [-0.2, 0) is 6.54 Å². The molecule has 0 fully saturated rings. The molecule has 128 valence electrons. The molecule has 0 spiro atoms. The van der Waals surface area contributed by atoms with Crippen LogP contribution in [0.2, 0.25) is 5.02 Å².